The van der Waals surface area contributed by atoms with Crippen LogP contribution >= 0.6 is 27.5 Å². The van der Waals surface area contributed by atoms with Gasteiger partial charge in [0.25, 0.3) is 0 Å². The minimum absolute atomic E-state index is 0.0872. The molecule has 35 heavy (non-hydrogen) atoms. The number of ether oxygens (including phenoxy) is 1. The van der Waals surface area contributed by atoms with Crippen LogP contribution in [0.25, 0.3) is 5.57 Å². The summed E-state index contributed by atoms with van der Waals surface area (Å²) in [5, 5.41) is 0.658. The molecule has 0 amide bonds. The van der Waals surface area contributed by atoms with Gasteiger partial charge in [-0.3, -0.25) is 4.79 Å². The number of carbonyl (C=O) groups excluding carboxylic acids is 1. The number of unbranched alkanes of at least 4 members (excludes halogenated alkanes) is 2. The standard InChI is InChI=1S/C21H21BrClNO2.C5H12.2C2H6/c1-4-16(18-10-24-20(22)9-17(18)12(2)3)21(25)14-7-13-8-15(23)5-6-19(13)26-11-14;1-3-5-4-2;2*1-2/h4-6,8-10,12,14H,7,11H2,1-3H3;3-5H2,1-2H3;2*1-2H3/b16-4+;;;. The van der Waals surface area contributed by atoms with Crippen LogP contribution in [-0.2, 0) is 11.2 Å². The molecule has 5 heteroatoms. The van der Waals surface area contributed by atoms with E-state index in [1.807, 2.05) is 65.0 Å². The third-order valence-corrected chi connectivity index (χ3v) is 6.04. The van der Waals surface area contributed by atoms with Crippen LogP contribution in [0.3, 0.4) is 0 Å². The normalized spacial score (nSPS) is 14.2. The fraction of sp³-hybridized carbons (Fsp3) is 0.533. The Kier molecular flexibility index (Phi) is 17.7. The van der Waals surface area contributed by atoms with Gasteiger partial charge in [-0.1, -0.05) is 92.3 Å². The summed E-state index contributed by atoms with van der Waals surface area (Å²) in [6.07, 6.45) is 8.37. The summed E-state index contributed by atoms with van der Waals surface area (Å²) < 4.78 is 6.59. The molecule has 1 atom stereocenters. The van der Waals surface area contributed by atoms with Crippen LogP contribution in [0.2, 0.25) is 5.02 Å². The number of rotatable bonds is 6. The summed E-state index contributed by atoms with van der Waals surface area (Å²) in [5.41, 5.74) is 3.68. The number of allylic oxidation sites excluding steroid dienone is 2. The number of benzene rings is 1. The molecule has 3 rings (SSSR count). The van der Waals surface area contributed by atoms with E-state index in [2.05, 4.69) is 48.6 Å². The predicted molar refractivity (Wildman–Crippen MR) is 157 cm³/mol. The number of Topliss-reactive ketones (excluding diaryl/α,β-unsaturated/α-hetero) is 1. The SMILES string of the molecule is C/C=C(/C(=O)C1COc2ccc(Cl)cc2C1)c1cnc(Br)cc1C(C)C.CC.CC.CCCCC. The molecule has 196 valence electrons. The van der Waals surface area contributed by atoms with Gasteiger partial charge in [-0.15, -0.1) is 0 Å². The van der Waals surface area contributed by atoms with Crippen molar-refractivity contribution in [1.82, 2.24) is 4.98 Å². The average molecular weight is 567 g/mol. The molecule has 0 saturated carbocycles. The van der Waals surface area contributed by atoms with Gasteiger partial charge in [0.2, 0.25) is 0 Å². The van der Waals surface area contributed by atoms with Crippen molar-refractivity contribution < 1.29 is 9.53 Å². The molecule has 0 saturated heterocycles. The third kappa shape index (κ3) is 10.5. The molecule has 0 bridgehead atoms. The maximum atomic E-state index is 13.3. The van der Waals surface area contributed by atoms with Gasteiger partial charge in [-0.05, 0) is 70.6 Å². The highest BCUT2D eigenvalue weighted by atomic mass is 79.9. The van der Waals surface area contributed by atoms with E-state index < -0.39 is 0 Å². The smallest absolute Gasteiger partial charge is 0.170 e. The first-order valence-corrected chi connectivity index (χ1v) is 14.3. The molecule has 2 aromatic rings. The number of pyridine rings is 1. The molecule has 3 nitrogen and oxygen atoms in total. The highest BCUT2D eigenvalue weighted by Gasteiger charge is 2.29. The van der Waals surface area contributed by atoms with Crippen LogP contribution in [0.5, 0.6) is 5.75 Å². The summed E-state index contributed by atoms with van der Waals surface area (Å²) in [4.78, 5) is 17.6. The molecule has 0 fully saturated rings. The van der Waals surface area contributed by atoms with E-state index >= 15 is 0 Å². The monoisotopic (exact) mass is 565 g/mol. The van der Waals surface area contributed by atoms with Crippen LogP contribution < -0.4 is 4.74 Å². The molecular formula is C30H45BrClNO2. The summed E-state index contributed by atoms with van der Waals surface area (Å²) in [7, 11) is 0. The van der Waals surface area contributed by atoms with Gasteiger partial charge in [-0.2, -0.15) is 0 Å². The van der Waals surface area contributed by atoms with Crippen molar-refractivity contribution in [2.24, 2.45) is 5.92 Å². The second-order valence-corrected chi connectivity index (χ2v) is 9.38. The lowest BCUT2D eigenvalue weighted by molar-refractivity contribution is -0.118. The number of hydrogen-bond acceptors (Lipinski definition) is 3. The second-order valence-electron chi connectivity index (χ2n) is 8.13. The highest BCUT2D eigenvalue weighted by Crippen LogP contribution is 2.34. The lowest BCUT2D eigenvalue weighted by Crippen LogP contribution is -2.29. The van der Waals surface area contributed by atoms with Gasteiger partial charge in [0.15, 0.2) is 5.78 Å². The Bertz CT molecular complexity index is 923. The number of carbonyl (C=O) groups is 1. The minimum atomic E-state index is -0.226. The Morgan fingerprint density at radius 1 is 1.17 bits per heavy atom. The van der Waals surface area contributed by atoms with Gasteiger partial charge in [0, 0.05) is 22.4 Å². The van der Waals surface area contributed by atoms with E-state index in [1.165, 1.54) is 19.3 Å². The van der Waals surface area contributed by atoms with Crippen LogP contribution in [0.15, 0.2) is 41.1 Å². The summed E-state index contributed by atoms with van der Waals surface area (Å²) >= 11 is 9.52. The molecule has 1 aliphatic rings. The molecule has 0 spiro atoms. The Balaban J connectivity index is 0.00000112. The Hall–Kier alpha value is -1.65. The van der Waals surface area contributed by atoms with E-state index in [-0.39, 0.29) is 17.6 Å². The third-order valence-electron chi connectivity index (χ3n) is 5.38. The molecule has 1 aromatic heterocycles. The number of aromatic nitrogens is 1. The molecule has 0 aliphatic carbocycles. The zero-order chi connectivity index (χ0) is 27.0. The van der Waals surface area contributed by atoms with Gasteiger partial charge >= 0.3 is 0 Å². The highest BCUT2D eigenvalue weighted by molar-refractivity contribution is 9.10. The van der Waals surface area contributed by atoms with E-state index in [0.717, 1.165) is 27.0 Å². The Labute approximate surface area is 227 Å². The first-order chi connectivity index (χ1) is 16.8. The minimum Gasteiger partial charge on any atom is -0.493 e. The number of nitrogens with zero attached hydrogens (tertiary/aromatic N) is 1. The number of fused-ring (bicyclic) bond motifs is 1. The van der Waals surface area contributed by atoms with E-state index in [4.69, 9.17) is 16.3 Å². The van der Waals surface area contributed by atoms with Crippen molar-refractivity contribution in [3.63, 3.8) is 0 Å². The van der Waals surface area contributed by atoms with Crippen LogP contribution in [0.1, 0.15) is 104 Å². The van der Waals surface area contributed by atoms with Gasteiger partial charge in [0.05, 0.1) is 12.5 Å². The molecule has 1 aliphatic heterocycles. The van der Waals surface area contributed by atoms with Gasteiger partial charge in [-0.25, -0.2) is 4.98 Å². The van der Waals surface area contributed by atoms with Crippen molar-refractivity contribution in [3.05, 3.63) is 62.9 Å². The topological polar surface area (TPSA) is 39.2 Å². The number of halogens is 2. The molecule has 0 radical (unpaired) electrons. The first kappa shape index (κ1) is 33.4. The lowest BCUT2D eigenvalue weighted by Gasteiger charge is -2.26. The maximum Gasteiger partial charge on any atom is 0.170 e. The number of ketones is 1. The van der Waals surface area contributed by atoms with Crippen LogP contribution in [-0.4, -0.2) is 17.4 Å². The van der Waals surface area contributed by atoms with Gasteiger partial charge < -0.3 is 4.74 Å². The second kappa shape index (κ2) is 18.6. The molecule has 2 heterocycles. The van der Waals surface area contributed by atoms with E-state index in [1.54, 1.807) is 6.20 Å². The molecular weight excluding hydrogens is 522 g/mol. The van der Waals surface area contributed by atoms with Crippen LogP contribution in [0.4, 0.5) is 0 Å². The Morgan fingerprint density at radius 3 is 2.31 bits per heavy atom. The lowest BCUT2D eigenvalue weighted by atomic mass is 9.84. The summed E-state index contributed by atoms with van der Waals surface area (Å²) in [5.74, 6) is 0.961. The van der Waals surface area contributed by atoms with Crippen LogP contribution in [0, 0.1) is 5.92 Å². The van der Waals surface area contributed by atoms with E-state index in [0.29, 0.717) is 23.6 Å². The predicted octanol–water partition coefficient (Wildman–Crippen LogP) is 10.1. The Morgan fingerprint density at radius 2 is 1.80 bits per heavy atom. The van der Waals surface area contributed by atoms with Crippen molar-refractivity contribution >= 4 is 38.9 Å². The quantitative estimate of drug-likeness (QED) is 0.258. The zero-order valence-corrected chi connectivity index (χ0v) is 25.5. The summed E-state index contributed by atoms with van der Waals surface area (Å²) in [6, 6.07) is 7.54. The van der Waals surface area contributed by atoms with Gasteiger partial charge in [0.1, 0.15) is 10.4 Å². The zero-order valence-electron chi connectivity index (χ0n) is 23.2. The molecule has 1 unspecified atom stereocenters. The largest absolute Gasteiger partial charge is 0.493 e. The average Bonchev–Trinajstić information content (AvgIpc) is 2.88. The number of hydrogen-bond donors (Lipinski definition) is 0. The fourth-order valence-corrected chi connectivity index (χ4v) is 4.23. The van der Waals surface area contributed by atoms with Crippen molar-refractivity contribution in [3.8, 4) is 5.75 Å². The van der Waals surface area contributed by atoms with E-state index in [9.17, 15) is 4.79 Å². The fourth-order valence-electron chi connectivity index (χ4n) is 3.68. The first-order valence-electron chi connectivity index (χ1n) is 13.1. The molecule has 0 N–H and O–H groups in total. The van der Waals surface area contributed by atoms with Crippen molar-refractivity contribution in [1.29, 1.82) is 0 Å². The van der Waals surface area contributed by atoms with Crippen molar-refractivity contribution in [2.75, 3.05) is 6.61 Å². The summed E-state index contributed by atoms with van der Waals surface area (Å²) in [6.45, 7) is 18.9. The van der Waals surface area contributed by atoms with Crippen molar-refractivity contribution in [2.45, 2.75) is 93.9 Å². The maximum absolute atomic E-state index is 13.3. The molecule has 1 aromatic carbocycles.